The fourth-order valence-corrected chi connectivity index (χ4v) is 2.02. The summed E-state index contributed by atoms with van der Waals surface area (Å²) in [5, 5.41) is 12.9. The molecule has 1 saturated heterocycles. The first kappa shape index (κ1) is 14.0. The van der Waals surface area contributed by atoms with Crippen LogP contribution in [0.1, 0.15) is 12.5 Å². The van der Waals surface area contributed by atoms with Crippen LogP contribution < -0.4 is 14.8 Å². The molecule has 0 radical (unpaired) electrons. The predicted molar refractivity (Wildman–Crippen MR) is 74.6 cm³/mol. The van der Waals surface area contributed by atoms with E-state index in [0.29, 0.717) is 22.8 Å². The van der Waals surface area contributed by atoms with Crippen molar-refractivity contribution in [3.63, 3.8) is 0 Å². The molecule has 1 atom stereocenters. The number of carbonyl (C=O) groups is 1. The number of hydrogen-bond donors (Lipinski definition) is 2. The van der Waals surface area contributed by atoms with Crippen LogP contribution in [0.2, 0.25) is 0 Å². The van der Waals surface area contributed by atoms with Crippen LogP contribution in [-0.2, 0) is 4.79 Å². The summed E-state index contributed by atoms with van der Waals surface area (Å²) in [6.07, 6.45) is 1.65. The lowest BCUT2D eigenvalue weighted by Gasteiger charge is -2.12. The number of nitrogens with one attached hydrogen (secondary N) is 1. The number of aromatic hydroxyl groups is 1. The van der Waals surface area contributed by atoms with E-state index in [9.17, 15) is 9.90 Å². The van der Waals surface area contributed by atoms with E-state index in [1.54, 1.807) is 30.2 Å². The molecule has 20 heavy (non-hydrogen) atoms. The summed E-state index contributed by atoms with van der Waals surface area (Å²) in [6.45, 7) is 1.90. The van der Waals surface area contributed by atoms with Crippen LogP contribution >= 0.6 is 0 Å². The normalized spacial score (nSPS) is 20.2. The summed E-state index contributed by atoms with van der Waals surface area (Å²) < 4.78 is 10.2. The van der Waals surface area contributed by atoms with Crippen molar-refractivity contribution < 1.29 is 19.4 Å². The Hall–Kier alpha value is -2.37. The molecule has 1 amide bonds. The number of nitrogens with zero attached hydrogens (tertiary/aromatic N) is 1. The highest BCUT2D eigenvalue weighted by atomic mass is 16.5. The van der Waals surface area contributed by atoms with Crippen LogP contribution in [0.25, 0.3) is 6.08 Å². The Labute approximate surface area is 117 Å². The van der Waals surface area contributed by atoms with Crippen LogP contribution in [0.4, 0.5) is 0 Å². The van der Waals surface area contributed by atoms with Crippen molar-refractivity contribution >= 4 is 12.0 Å². The quantitative estimate of drug-likeness (QED) is 0.812. The number of hydrogen-bond acceptors (Lipinski definition) is 5. The average molecular weight is 278 g/mol. The summed E-state index contributed by atoms with van der Waals surface area (Å²) in [5.41, 5.74) is 1.20. The number of rotatable bonds is 3. The van der Waals surface area contributed by atoms with Crippen LogP contribution in [0, 0.1) is 0 Å². The van der Waals surface area contributed by atoms with Gasteiger partial charge in [-0.1, -0.05) is 0 Å². The largest absolute Gasteiger partial charge is 0.502 e. The third-order valence-electron chi connectivity index (χ3n) is 3.31. The molecule has 0 spiro atoms. The van der Waals surface area contributed by atoms with E-state index in [1.807, 2.05) is 6.92 Å². The van der Waals surface area contributed by atoms with E-state index >= 15 is 0 Å². The van der Waals surface area contributed by atoms with Crippen molar-refractivity contribution in [2.75, 3.05) is 21.3 Å². The second-order valence-electron chi connectivity index (χ2n) is 4.57. The molecule has 1 unspecified atom stereocenters. The number of phenols is 1. The molecule has 6 heteroatoms. The van der Waals surface area contributed by atoms with Gasteiger partial charge in [0.25, 0.3) is 5.91 Å². The van der Waals surface area contributed by atoms with Crippen LogP contribution in [0.15, 0.2) is 17.8 Å². The molecule has 2 rings (SSSR count). The van der Waals surface area contributed by atoms with Gasteiger partial charge in [0.2, 0.25) is 5.75 Å². The lowest BCUT2D eigenvalue weighted by Crippen LogP contribution is -2.30. The van der Waals surface area contributed by atoms with Gasteiger partial charge in [0, 0.05) is 7.05 Å². The molecular weight excluding hydrogens is 260 g/mol. The lowest BCUT2D eigenvalue weighted by atomic mass is 10.1. The number of ether oxygens (including phenoxy) is 2. The maximum atomic E-state index is 12.0. The number of benzene rings is 1. The molecule has 108 valence electrons. The minimum Gasteiger partial charge on any atom is -0.502 e. The van der Waals surface area contributed by atoms with Gasteiger partial charge < -0.3 is 24.8 Å². The summed E-state index contributed by atoms with van der Waals surface area (Å²) >= 11 is 0. The molecule has 1 aromatic carbocycles. The smallest absolute Gasteiger partial charge is 0.271 e. The van der Waals surface area contributed by atoms with Gasteiger partial charge in [-0.15, -0.1) is 0 Å². The van der Waals surface area contributed by atoms with E-state index in [4.69, 9.17) is 9.47 Å². The fraction of sp³-hybridized carbons (Fsp3) is 0.357. The minimum absolute atomic E-state index is 0.0466. The zero-order chi connectivity index (χ0) is 14.9. The molecule has 1 heterocycles. The maximum Gasteiger partial charge on any atom is 0.271 e. The Bertz CT molecular complexity index is 543. The first-order valence-electron chi connectivity index (χ1n) is 6.18. The summed E-state index contributed by atoms with van der Waals surface area (Å²) in [6, 6.07) is 3.28. The molecule has 1 fully saturated rings. The number of methoxy groups -OCH3 is 2. The van der Waals surface area contributed by atoms with Crippen molar-refractivity contribution in [2.45, 2.75) is 13.1 Å². The standard InChI is InChI=1S/C14H18N2O4/c1-8-15-10(14(18)16(8)2)5-9-6-11(19-3)13(17)12(7-9)20-4/h5-8,15,17H,1-4H3/b10-5-. The van der Waals surface area contributed by atoms with Crippen LogP contribution in [0.5, 0.6) is 17.2 Å². The molecule has 1 aliphatic heterocycles. The summed E-state index contributed by atoms with van der Waals surface area (Å²) in [5.74, 6) is 0.447. The highest BCUT2D eigenvalue weighted by molar-refractivity contribution is 5.99. The summed E-state index contributed by atoms with van der Waals surface area (Å²) in [7, 11) is 4.65. The molecule has 0 aromatic heterocycles. The van der Waals surface area contributed by atoms with Gasteiger partial charge in [-0.2, -0.15) is 0 Å². The van der Waals surface area contributed by atoms with Gasteiger partial charge in [0.15, 0.2) is 11.5 Å². The molecule has 6 nitrogen and oxygen atoms in total. The zero-order valence-electron chi connectivity index (χ0n) is 11.9. The molecular formula is C14H18N2O4. The van der Waals surface area contributed by atoms with E-state index in [-0.39, 0.29) is 17.8 Å². The second-order valence-corrected chi connectivity index (χ2v) is 4.57. The number of phenolic OH excluding ortho intramolecular Hbond substituents is 1. The van der Waals surface area contributed by atoms with Crippen molar-refractivity contribution in [2.24, 2.45) is 0 Å². The van der Waals surface area contributed by atoms with E-state index in [0.717, 1.165) is 0 Å². The van der Waals surface area contributed by atoms with Crippen molar-refractivity contribution in [3.05, 3.63) is 23.4 Å². The highest BCUT2D eigenvalue weighted by Gasteiger charge is 2.28. The van der Waals surface area contributed by atoms with Crippen LogP contribution in [0.3, 0.4) is 0 Å². The van der Waals surface area contributed by atoms with E-state index in [1.165, 1.54) is 14.2 Å². The summed E-state index contributed by atoms with van der Waals surface area (Å²) in [4.78, 5) is 13.6. The Balaban J connectivity index is 2.42. The average Bonchev–Trinajstić information content (AvgIpc) is 2.68. The first-order chi connectivity index (χ1) is 9.47. The van der Waals surface area contributed by atoms with Gasteiger partial charge in [0.05, 0.1) is 20.4 Å². The fourth-order valence-electron chi connectivity index (χ4n) is 2.02. The Morgan fingerprint density at radius 2 is 1.85 bits per heavy atom. The Morgan fingerprint density at radius 1 is 1.30 bits per heavy atom. The molecule has 2 N–H and O–H groups in total. The molecule has 1 aromatic rings. The van der Waals surface area contributed by atoms with Gasteiger partial charge in [-0.25, -0.2) is 0 Å². The van der Waals surface area contributed by atoms with Crippen molar-refractivity contribution in [1.29, 1.82) is 0 Å². The SMILES string of the molecule is COc1cc(/C=C2\NC(C)N(C)C2=O)cc(OC)c1O. The highest BCUT2D eigenvalue weighted by Crippen LogP contribution is 2.37. The van der Waals surface area contributed by atoms with Crippen molar-refractivity contribution in [3.8, 4) is 17.2 Å². The second kappa shape index (κ2) is 5.32. The molecule has 0 aliphatic carbocycles. The minimum atomic E-state index is -0.0801. The van der Waals surface area contributed by atoms with E-state index in [2.05, 4.69) is 5.32 Å². The monoisotopic (exact) mass is 278 g/mol. The molecule has 0 saturated carbocycles. The zero-order valence-corrected chi connectivity index (χ0v) is 11.9. The lowest BCUT2D eigenvalue weighted by molar-refractivity contribution is -0.124. The number of carbonyl (C=O) groups excluding carboxylic acids is 1. The predicted octanol–water partition coefficient (Wildman–Crippen LogP) is 1.16. The molecule has 0 bridgehead atoms. The maximum absolute atomic E-state index is 12.0. The number of likely N-dealkylation sites (N-methyl/N-ethyl adjacent to an activating group) is 1. The van der Waals surface area contributed by atoms with E-state index < -0.39 is 0 Å². The molecule has 1 aliphatic rings. The van der Waals surface area contributed by atoms with Gasteiger partial charge in [-0.3, -0.25) is 4.79 Å². The third kappa shape index (κ3) is 2.36. The van der Waals surface area contributed by atoms with Gasteiger partial charge >= 0.3 is 0 Å². The van der Waals surface area contributed by atoms with Gasteiger partial charge in [0.1, 0.15) is 5.70 Å². The number of amides is 1. The Kier molecular flexibility index (Phi) is 3.74. The van der Waals surface area contributed by atoms with Crippen molar-refractivity contribution in [1.82, 2.24) is 10.2 Å². The third-order valence-corrected chi connectivity index (χ3v) is 3.31. The van der Waals surface area contributed by atoms with Gasteiger partial charge in [-0.05, 0) is 30.7 Å². The van der Waals surface area contributed by atoms with Crippen LogP contribution in [-0.4, -0.2) is 43.3 Å². The Morgan fingerprint density at radius 3 is 2.25 bits per heavy atom. The first-order valence-corrected chi connectivity index (χ1v) is 6.18. The topological polar surface area (TPSA) is 71.0 Å².